The molecule has 1 aromatic carbocycles. The first-order valence-corrected chi connectivity index (χ1v) is 10.4. The van der Waals surface area contributed by atoms with Crippen LogP contribution in [0.15, 0.2) is 29.3 Å². The molecule has 0 bridgehead atoms. The summed E-state index contributed by atoms with van der Waals surface area (Å²) in [5.74, 6) is 1.43. The van der Waals surface area contributed by atoms with Crippen molar-refractivity contribution >= 4 is 16.0 Å². The Bertz CT molecular complexity index is 657. The molecule has 7 heteroatoms. The number of sulfonamides is 1. The SMILES string of the molecule is CN=C(NCc1cccc(CS(=O)(=O)NC)c1)NC(C)CCC(C)C. The minimum absolute atomic E-state index is 0.0173. The normalized spacial score (nSPS) is 13.8. The van der Waals surface area contributed by atoms with E-state index in [0.717, 1.165) is 23.5 Å². The zero-order valence-corrected chi connectivity index (χ0v) is 16.8. The Balaban J connectivity index is 2.58. The molecule has 142 valence electrons. The summed E-state index contributed by atoms with van der Waals surface area (Å²) in [6.07, 6.45) is 2.27. The molecule has 0 heterocycles. The number of nitrogens with one attached hydrogen (secondary N) is 3. The smallest absolute Gasteiger partial charge is 0.215 e. The van der Waals surface area contributed by atoms with Crippen molar-refractivity contribution in [3.8, 4) is 0 Å². The van der Waals surface area contributed by atoms with E-state index in [4.69, 9.17) is 0 Å². The molecule has 0 saturated carbocycles. The predicted molar refractivity (Wildman–Crippen MR) is 105 cm³/mol. The Labute approximate surface area is 152 Å². The molecule has 25 heavy (non-hydrogen) atoms. The van der Waals surface area contributed by atoms with Crippen molar-refractivity contribution in [3.05, 3.63) is 35.4 Å². The fourth-order valence-electron chi connectivity index (χ4n) is 2.39. The molecule has 6 nitrogen and oxygen atoms in total. The third kappa shape index (κ3) is 8.88. The van der Waals surface area contributed by atoms with Crippen molar-refractivity contribution in [2.45, 2.75) is 52.0 Å². The van der Waals surface area contributed by atoms with Gasteiger partial charge in [0.2, 0.25) is 10.0 Å². The second kappa shape index (κ2) is 10.4. The molecular formula is C18H32N4O2S. The summed E-state index contributed by atoms with van der Waals surface area (Å²) in [6.45, 7) is 7.19. The van der Waals surface area contributed by atoms with Crippen molar-refractivity contribution in [2.24, 2.45) is 10.9 Å². The molecule has 1 rings (SSSR count). The van der Waals surface area contributed by atoms with Gasteiger partial charge >= 0.3 is 0 Å². The number of benzene rings is 1. The molecule has 0 amide bonds. The van der Waals surface area contributed by atoms with Crippen LogP contribution in [0.2, 0.25) is 0 Å². The van der Waals surface area contributed by atoms with E-state index in [1.807, 2.05) is 24.3 Å². The molecule has 1 unspecified atom stereocenters. The zero-order valence-electron chi connectivity index (χ0n) is 16.0. The summed E-state index contributed by atoms with van der Waals surface area (Å²) in [5, 5.41) is 6.67. The maximum absolute atomic E-state index is 11.7. The van der Waals surface area contributed by atoms with Gasteiger partial charge in [0.15, 0.2) is 5.96 Å². The first kappa shape index (κ1) is 21.4. The highest BCUT2D eigenvalue weighted by molar-refractivity contribution is 7.88. The van der Waals surface area contributed by atoms with Gasteiger partial charge < -0.3 is 10.6 Å². The third-order valence-electron chi connectivity index (χ3n) is 3.90. The largest absolute Gasteiger partial charge is 0.354 e. The molecule has 1 aromatic rings. The minimum atomic E-state index is -3.26. The van der Waals surface area contributed by atoms with Gasteiger partial charge in [-0.05, 0) is 43.9 Å². The van der Waals surface area contributed by atoms with Crippen LogP contribution < -0.4 is 15.4 Å². The van der Waals surface area contributed by atoms with Crippen molar-refractivity contribution in [1.29, 1.82) is 0 Å². The number of nitrogens with zero attached hydrogens (tertiary/aromatic N) is 1. The van der Waals surface area contributed by atoms with Crippen LogP contribution in [0.25, 0.3) is 0 Å². The third-order valence-corrected chi connectivity index (χ3v) is 5.24. The van der Waals surface area contributed by atoms with Crippen LogP contribution in [0.5, 0.6) is 0 Å². The van der Waals surface area contributed by atoms with Crippen LogP contribution in [0.1, 0.15) is 44.7 Å². The average Bonchev–Trinajstić information content (AvgIpc) is 2.56. The Hall–Kier alpha value is -1.60. The predicted octanol–water partition coefficient (Wildman–Crippen LogP) is 2.23. The molecule has 0 aliphatic rings. The van der Waals surface area contributed by atoms with E-state index in [2.05, 4.69) is 41.1 Å². The Morgan fingerprint density at radius 1 is 1.16 bits per heavy atom. The van der Waals surface area contributed by atoms with E-state index < -0.39 is 10.0 Å². The van der Waals surface area contributed by atoms with Gasteiger partial charge in [0.25, 0.3) is 0 Å². The molecule has 0 aromatic heterocycles. The minimum Gasteiger partial charge on any atom is -0.354 e. The maximum atomic E-state index is 11.7. The van der Waals surface area contributed by atoms with Crippen LogP contribution in [0.4, 0.5) is 0 Å². The fraction of sp³-hybridized carbons (Fsp3) is 0.611. The first-order valence-electron chi connectivity index (χ1n) is 8.72. The summed E-state index contributed by atoms with van der Waals surface area (Å²) in [5.41, 5.74) is 1.78. The number of rotatable bonds is 9. The Morgan fingerprint density at radius 3 is 2.44 bits per heavy atom. The summed E-state index contributed by atoms with van der Waals surface area (Å²) in [4.78, 5) is 4.25. The second-order valence-corrected chi connectivity index (χ2v) is 8.65. The lowest BCUT2D eigenvalue weighted by Gasteiger charge is -2.19. The average molecular weight is 369 g/mol. The van der Waals surface area contributed by atoms with E-state index in [1.165, 1.54) is 13.5 Å². The molecular weight excluding hydrogens is 336 g/mol. The van der Waals surface area contributed by atoms with Crippen LogP contribution >= 0.6 is 0 Å². The summed E-state index contributed by atoms with van der Waals surface area (Å²) in [6, 6.07) is 7.91. The van der Waals surface area contributed by atoms with E-state index >= 15 is 0 Å². The lowest BCUT2D eigenvalue weighted by Crippen LogP contribution is -2.41. The van der Waals surface area contributed by atoms with Crippen molar-refractivity contribution < 1.29 is 8.42 Å². The zero-order chi connectivity index (χ0) is 18.9. The number of hydrogen-bond acceptors (Lipinski definition) is 3. The van der Waals surface area contributed by atoms with Crippen molar-refractivity contribution in [2.75, 3.05) is 14.1 Å². The van der Waals surface area contributed by atoms with Gasteiger partial charge in [-0.25, -0.2) is 13.1 Å². The summed E-state index contributed by atoms with van der Waals surface area (Å²) >= 11 is 0. The highest BCUT2D eigenvalue weighted by Gasteiger charge is 2.09. The highest BCUT2D eigenvalue weighted by atomic mass is 32.2. The topological polar surface area (TPSA) is 82.6 Å². The number of aliphatic imine (C=N–C) groups is 1. The number of guanidine groups is 1. The van der Waals surface area contributed by atoms with Gasteiger partial charge in [-0.1, -0.05) is 38.1 Å². The Kier molecular flexibility index (Phi) is 8.92. The monoisotopic (exact) mass is 368 g/mol. The van der Waals surface area contributed by atoms with Gasteiger partial charge in [-0.3, -0.25) is 4.99 Å². The quantitative estimate of drug-likeness (QED) is 0.461. The van der Waals surface area contributed by atoms with E-state index in [1.54, 1.807) is 7.05 Å². The van der Waals surface area contributed by atoms with Crippen LogP contribution in [0, 0.1) is 5.92 Å². The molecule has 0 radical (unpaired) electrons. The van der Waals surface area contributed by atoms with Crippen molar-refractivity contribution in [3.63, 3.8) is 0 Å². The molecule has 0 saturated heterocycles. The lowest BCUT2D eigenvalue weighted by molar-refractivity contribution is 0.489. The summed E-state index contributed by atoms with van der Waals surface area (Å²) in [7, 11) is -0.0832. The Morgan fingerprint density at radius 2 is 1.84 bits per heavy atom. The van der Waals surface area contributed by atoms with Crippen LogP contribution in [0.3, 0.4) is 0 Å². The van der Waals surface area contributed by atoms with Crippen LogP contribution in [-0.4, -0.2) is 34.5 Å². The second-order valence-electron chi connectivity index (χ2n) is 6.73. The fourth-order valence-corrected chi connectivity index (χ4v) is 3.15. The number of hydrogen-bond donors (Lipinski definition) is 3. The molecule has 0 aliphatic heterocycles. The first-order chi connectivity index (χ1) is 11.8. The highest BCUT2D eigenvalue weighted by Crippen LogP contribution is 2.09. The van der Waals surface area contributed by atoms with Gasteiger partial charge in [0.05, 0.1) is 5.75 Å². The lowest BCUT2D eigenvalue weighted by atomic mass is 10.0. The standard InChI is InChI=1S/C18H32N4O2S/c1-14(2)9-10-15(3)22-18(19-4)21-12-16-7-6-8-17(11-16)13-25(23,24)20-5/h6-8,11,14-15,20H,9-10,12-13H2,1-5H3,(H2,19,21,22). The van der Waals surface area contributed by atoms with E-state index in [-0.39, 0.29) is 5.75 Å². The van der Waals surface area contributed by atoms with E-state index in [9.17, 15) is 8.42 Å². The molecule has 0 spiro atoms. The van der Waals surface area contributed by atoms with Gasteiger partial charge in [0, 0.05) is 19.6 Å². The van der Waals surface area contributed by atoms with Gasteiger partial charge in [-0.15, -0.1) is 0 Å². The summed E-state index contributed by atoms with van der Waals surface area (Å²) < 4.78 is 25.7. The van der Waals surface area contributed by atoms with Gasteiger partial charge in [-0.2, -0.15) is 0 Å². The molecule has 0 fully saturated rings. The molecule has 1 atom stereocenters. The van der Waals surface area contributed by atoms with Crippen LogP contribution in [-0.2, 0) is 22.3 Å². The van der Waals surface area contributed by atoms with Gasteiger partial charge in [0.1, 0.15) is 0 Å². The van der Waals surface area contributed by atoms with Crippen molar-refractivity contribution in [1.82, 2.24) is 15.4 Å². The van der Waals surface area contributed by atoms with E-state index in [0.29, 0.717) is 18.5 Å². The molecule has 3 N–H and O–H groups in total. The molecule has 0 aliphatic carbocycles. The maximum Gasteiger partial charge on any atom is 0.215 e.